The smallest absolute Gasteiger partial charge is 0.265 e. The minimum atomic E-state index is -5.35. The molecule has 0 rings (SSSR count). The van der Waals surface area contributed by atoms with Crippen molar-refractivity contribution in [2.75, 3.05) is 13.2 Å². The van der Waals surface area contributed by atoms with Gasteiger partial charge in [0.1, 0.15) is 0 Å². The molecule has 0 aromatic heterocycles. The quantitative estimate of drug-likeness (QED) is 0.346. The minimum absolute atomic E-state index is 1.29. The molecule has 0 spiro atoms. The number of hydrogen-bond acceptors (Lipinski definition) is 6. The van der Waals surface area contributed by atoms with Crippen molar-refractivity contribution >= 4 is 20.2 Å². The zero-order valence-electron chi connectivity index (χ0n) is 9.26. The first-order valence-corrected chi connectivity index (χ1v) is 7.47. The van der Waals surface area contributed by atoms with E-state index in [9.17, 15) is 43.2 Å². The zero-order valence-corrected chi connectivity index (χ0v) is 10.9. The fraction of sp³-hybridized carbons (Fsp3) is 1.00. The molecular formula is C6H8F6O6S2. The molecule has 14 heteroatoms. The van der Waals surface area contributed by atoms with Crippen LogP contribution in [0.1, 0.15) is 0 Å². The molecular weight excluding hydrogens is 346 g/mol. The van der Waals surface area contributed by atoms with Crippen LogP contribution in [0, 0.1) is 0 Å². The standard InChI is InChI=1S/C6H8F6O6S2/c7-3(8)5(11)19(13,14)17-1-2-18-20(15,16)6(12)4(9)10/h3-6H,1-2H2. The summed E-state index contributed by atoms with van der Waals surface area (Å²) in [4.78, 5) is 0. The van der Waals surface area contributed by atoms with Crippen molar-refractivity contribution in [1.82, 2.24) is 0 Å². The van der Waals surface area contributed by atoms with Crippen LogP contribution in [0.15, 0.2) is 0 Å². The van der Waals surface area contributed by atoms with Gasteiger partial charge in [-0.05, 0) is 0 Å². The normalized spacial score (nSPS) is 16.6. The van der Waals surface area contributed by atoms with Crippen LogP contribution in [0.2, 0.25) is 0 Å². The van der Waals surface area contributed by atoms with E-state index in [0.717, 1.165) is 0 Å². The SMILES string of the molecule is O=S(=O)(OCCOS(=O)(=O)C(F)C(F)F)C(F)C(F)F. The minimum Gasteiger partial charge on any atom is -0.265 e. The van der Waals surface area contributed by atoms with E-state index in [4.69, 9.17) is 0 Å². The Morgan fingerprint density at radius 2 is 0.900 bits per heavy atom. The molecule has 0 bridgehead atoms. The summed E-state index contributed by atoms with van der Waals surface area (Å²) < 4.78 is 122. The van der Waals surface area contributed by atoms with Crippen molar-refractivity contribution in [3.05, 3.63) is 0 Å². The number of hydrogen-bond donors (Lipinski definition) is 0. The summed E-state index contributed by atoms with van der Waals surface area (Å²) in [5.74, 6) is 0. The Labute approximate surface area is 109 Å². The van der Waals surface area contributed by atoms with Crippen molar-refractivity contribution in [1.29, 1.82) is 0 Å². The second-order valence-corrected chi connectivity index (χ2v) is 6.34. The lowest BCUT2D eigenvalue weighted by molar-refractivity contribution is 0.0768. The van der Waals surface area contributed by atoms with Gasteiger partial charge in [-0.2, -0.15) is 16.8 Å². The molecule has 0 heterocycles. The van der Waals surface area contributed by atoms with Crippen molar-refractivity contribution in [3.8, 4) is 0 Å². The maximum atomic E-state index is 12.4. The summed E-state index contributed by atoms with van der Waals surface area (Å²) in [7, 11) is -10.7. The Morgan fingerprint density at radius 3 is 1.10 bits per heavy atom. The van der Waals surface area contributed by atoms with Gasteiger partial charge in [0.15, 0.2) is 0 Å². The highest BCUT2D eigenvalue weighted by Crippen LogP contribution is 2.16. The van der Waals surface area contributed by atoms with Gasteiger partial charge in [-0.3, -0.25) is 8.37 Å². The molecule has 0 aliphatic heterocycles. The average molecular weight is 354 g/mol. The lowest BCUT2D eigenvalue weighted by atomic mass is 10.8. The highest BCUT2D eigenvalue weighted by atomic mass is 32.2. The first kappa shape index (κ1) is 19.4. The van der Waals surface area contributed by atoms with Gasteiger partial charge in [-0.1, -0.05) is 0 Å². The summed E-state index contributed by atoms with van der Waals surface area (Å²) in [6, 6.07) is 0. The van der Waals surface area contributed by atoms with E-state index in [-0.39, 0.29) is 0 Å². The first-order chi connectivity index (χ1) is 8.92. The predicted molar refractivity (Wildman–Crippen MR) is 51.5 cm³/mol. The van der Waals surface area contributed by atoms with Gasteiger partial charge in [0.05, 0.1) is 13.2 Å². The first-order valence-electron chi connectivity index (χ1n) is 4.52. The Morgan fingerprint density at radius 1 is 0.650 bits per heavy atom. The van der Waals surface area contributed by atoms with E-state index in [0.29, 0.717) is 0 Å². The van der Waals surface area contributed by atoms with Gasteiger partial charge in [-0.25, -0.2) is 26.3 Å². The van der Waals surface area contributed by atoms with Crippen LogP contribution < -0.4 is 0 Å². The van der Waals surface area contributed by atoms with Gasteiger partial charge in [0.2, 0.25) is 0 Å². The van der Waals surface area contributed by atoms with Crippen LogP contribution in [0.5, 0.6) is 0 Å². The summed E-state index contributed by atoms with van der Waals surface area (Å²) >= 11 is 0. The lowest BCUT2D eigenvalue weighted by Gasteiger charge is -2.11. The molecule has 0 fully saturated rings. The third kappa shape index (κ3) is 5.80. The largest absolute Gasteiger partial charge is 0.306 e. The maximum absolute atomic E-state index is 12.4. The third-order valence-corrected chi connectivity index (χ3v) is 4.03. The fourth-order valence-corrected chi connectivity index (χ4v) is 2.05. The Bertz CT molecular complexity index is 444. The average Bonchev–Trinajstić information content (AvgIpc) is 2.32. The van der Waals surface area contributed by atoms with Crippen LogP contribution in [0.4, 0.5) is 26.3 Å². The molecule has 0 N–H and O–H groups in total. The summed E-state index contributed by atoms with van der Waals surface area (Å²) in [5, 5.41) is 0. The fourth-order valence-electron chi connectivity index (χ4n) is 0.682. The van der Waals surface area contributed by atoms with E-state index < -0.39 is 57.3 Å². The second kappa shape index (κ2) is 7.42. The molecule has 0 aromatic carbocycles. The lowest BCUT2D eigenvalue weighted by Crippen LogP contribution is -2.29. The maximum Gasteiger partial charge on any atom is 0.306 e. The molecule has 2 atom stereocenters. The van der Waals surface area contributed by atoms with Crippen LogP contribution >= 0.6 is 0 Å². The molecule has 0 saturated carbocycles. The van der Waals surface area contributed by atoms with E-state index in [1.165, 1.54) is 0 Å². The van der Waals surface area contributed by atoms with Crippen LogP contribution in [0.3, 0.4) is 0 Å². The van der Waals surface area contributed by atoms with E-state index in [2.05, 4.69) is 8.37 Å². The molecule has 0 amide bonds. The van der Waals surface area contributed by atoms with Gasteiger partial charge in [0.25, 0.3) is 23.9 Å². The van der Waals surface area contributed by atoms with E-state index in [1.807, 2.05) is 0 Å². The molecule has 2 unspecified atom stereocenters. The third-order valence-electron chi connectivity index (χ3n) is 1.53. The Balaban J connectivity index is 4.35. The van der Waals surface area contributed by atoms with Crippen molar-refractivity contribution in [3.63, 3.8) is 0 Å². The van der Waals surface area contributed by atoms with Crippen LogP contribution in [0.25, 0.3) is 0 Å². The molecule has 0 saturated heterocycles. The predicted octanol–water partition coefficient (Wildman–Crippen LogP) is 0.801. The zero-order chi connectivity index (χ0) is 16.1. The second-order valence-electron chi connectivity index (χ2n) is 3.00. The number of halogens is 6. The van der Waals surface area contributed by atoms with Crippen molar-refractivity contribution in [2.24, 2.45) is 0 Å². The van der Waals surface area contributed by atoms with E-state index >= 15 is 0 Å². The summed E-state index contributed by atoms with van der Waals surface area (Å²) in [6.45, 7) is -2.57. The van der Waals surface area contributed by atoms with E-state index in [1.54, 1.807) is 0 Å². The summed E-state index contributed by atoms with van der Waals surface area (Å²) in [5.41, 5.74) is -7.34. The number of rotatable bonds is 9. The Kier molecular flexibility index (Phi) is 7.20. The molecule has 122 valence electrons. The van der Waals surface area contributed by atoms with Gasteiger partial charge in [0, 0.05) is 0 Å². The van der Waals surface area contributed by atoms with Crippen LogP contribution in [-0.2, 0) is 28.6 Å². The summed E-state index contributed by atoms with van der Waals surface area (Å²) in [6.07, 6.45) is -7.81. The van der Waals surface area contributed by atoms with Gasteiger partial charge < -0.3 is 0 Å². The van der Waals surface area contributed by atoms with Crippen molar-refractivity contribution in [2.45, 2.75) is 23.9 Å². The van der Waals surface area contributed by atoms with Crippen LogP contribution in [-0.4, -0.2) is 53.9 Å². The van der Waals surface area contributed by atoms with Gasteiger partial charge >= 0.3 is 20.2 Å². The van der Waals surface area contributed by atoms with Crippen molar-refractivity contribution < 1.29 is 51.5 Å². The molecule has 20 heavy (non-hydrogen) atoms. The van der Waals surface area contributed by atoms with Gasteiger partial charge in [-0.15, -0.1) is 0 Å². The molecule has 0 aliphatic rings. The highest BCUT2D eigenvalue weighted by molar-refractivity contribution is 7.87. The molecule has 0 aromatic rings. The highest BCUT2D eigenvalue weighted by Gasteiger charge is 2.37. The number of alkyl halides is 6. The molecule has 0 aliphatic carbocycles. The topological polar surface area (TPSA) is 86.7 Å². The monoisotopic (exact) mass is 354 g/mol. The molecule has 0 radical (unpaired) electrons. The Hall–Kier alpha value is -0.600. The molecule has 6 nitrogen and oxygen atoms in total.